The Balaban J connectivity index is 2.81. The minimum absolute atomic E-state index is 0.164. The largest absolute Gasteiger partial charge is 0.235 e. The van der Waals surface area contributed by atoms with E-state index in [-0.39, 0.29) is 12.1 Å². The SMILES string of the molecule is O=C=NC1CCCC(CI)C1N=C=O. The van der Waals surface area contributed by atoms with Crippen molar-refractivity contribution in [3.05, 3.63) is 0 Å². The number of nitrogens with zero attached hydrogens (tertiary/aromatic N) is 2. The summed E-state index contributed by atoms with van der Waals surface area (Å²) in [5, 5.41) is 0. The van der Waals surface area contributed by atoms with Crippen molar-refractivity contribution >= 4 is 34.8 Å². The van der Waals surface area contributed by atoms with Gasteiger partial charge in [-0.05, 0) is 18.8 Å². The van der Waals surface area contributed by atoms with E-state index in [0.717, 1.165) is 23.7 Å². The Morgan fingerprint density at radius 2 is 1.93 bits per heavy atom. The molecule has 0 amide bonds. The lowest BCUT2D eigenvalue weighted by molar-refractivity contribution is 0.302. The molecule has 0 aromatic heterocycles. The summed E-state index contributed by atoms with van der Waals surface area (Å²) < 4.78 is 0.929. The van der Waals surface area contributed by atoms with Gasteiger partial charge in [0, 0.05) is 4.43 Å². The van der Waals surface area contributed by atoms with Gasteiger partial charge in [-0.2, -0.15) is 4.99 Å². The van der Waals surface area contributed by atoms with E-state index in [0.29, 0.717) is 5.92 Å². The molecule has 0 radical (unpaired) electrons. The summed E-state index contributed by atoms with van der Waals surface area (Å²) in [7, 11) is 0. The van der Waals surface area contributed by atoms with Crippen molar-refractivity contribution in [2.75, 3.05) is 4.43 Å². The second-order valence-corrected chi connectivity index (χ2v) is 4.22. The van der Waals surface area contributed by atoms with Crippen LogP contribution in [0.1, 0.15) is 19.3 Å². The van der Waals surface area contributed by atoms with Crippen LogP contribution in [0.5, 0.6) is 0 Å². The predicted molar refractivity (Wildman–Crippen MR) is 60.0 cm³/mol. The summed E-state index contributed by atoms with van der Waals surface area (Å²) in [5.74, 6) is 0.341. The average Bonchev–Trinajstić information content (AvgIpc) is 2.21. The van der Waals surface area contributed by atoms with Gasteiger partial charge >= 0.3 is 0 Å². The summed E-state index contributed by atoms with van der Waals surface area (Å²) >= 11 is 2.27. The lowest BCUT2D eigenvalue weighted by Crippen LogP contribution is -2.35. The number of carbonyl (C=O) groups excluding carboxylic acids is 2. The lowest BCUT2D eigenvalue weighted by atomic mass is 9.83. The molecule has 3 atom stereocenters. The van der Waals surface area contributed by atoms with Crippen LogP contribution in [0.3, 0.4) is 0 Å². The van der Waals surface area contributed by atoms with Crippen molar-refractivity contribution in [3.8, 4) is 0 Å². The zero-order valence-corrected chi connectivity index (χ0v) is 9.81. The molecule has 4 nitrogen and oxygen atoms in total. The molecule has 76 valence electrons. The quantitative estimate of drug-likeness (QED) is 0.344. The molecule has 0 aromatic carbocycles. The van der Waals surface area contributed by atoms with Crippen molar-refractivity contribution in [1.82, 2.24) is 0 Å². The number of aliphatic imine (C=N–C) groups is 2. The van der Waals surface area contributed by atoms with E-state index in [1.165, 1.54) is 0 Å². The molecule has 14 heavy (non-hydrogen) atoms. The monoisotopic (exact) mass is 306 g/mol. The van der Waals surface area contributed by atoms with Crippen molar-refractivity contribution in [2.45, 2.75) is 31.3 Å². The number of hydrogen-bond acceptors (Lipinski definition) is 4. The highest BCUT2D eigenvalue weighted by Gasteiger charge is 2.32. The van der Waals surface area contributed by atoms with Crippen LogP contribution >= 0.6 is 22.6 Å². The van der Waals surface area contributed by atoms with Gasteiger partial charge in [-0.3, -0.25) is 0 Å². The number of hydrogen-bond donors (Lipinski definition) is 0. The molecule has 5 heteroatoms. The van der Waals surface area contributed by atoms with E-state index in [9.17, 15) is 9.59 Å². The zero-order valence-electron chi connectivity index (χ0n) is 7.65. The van der Waals surface area contributed by atoms with Gasteiger partial charge in [-0.25, -0.2) is 14.6 Å². The van der Waals surface area contributed by atoms with E-state index in [2.05, 4.69) is 32.6 Å². The minimum atomic E-state index is -0.167. The Kier molecular flexibility index (Phi) is 5.01. The fraction of sp³-hybridized carbons (Fsp3) is 0.778. The Morgan fingerprint density at radius 3 is 2.50 bits per heavy atom. The number of alkyl halides is 1. The van der Waals surface area contributed by atoms with E-state index in [1.807, 2.05) is 0 Å². The van der Waals surface area contributed by atoms with Crippen LogP contribution in [0.15, 0.2) is 9.98 Å². The fourth-order valence-corrected chi connectivity index (χ4v) is 2.84. The molecule has 1 aliphatic carbocycles. The standard InChI is InChI=1S/C9H11IN2O2/c10-4-7-2-1-3-8(11-5-13)9(7)12-6-14/h7-9H,1-4H2. The number of halogens is 1. The van der Waals surface area contributed by atoms with Crippen LogP contribution in [-0.4, -0.2) is 28.7 Å². The summed E-state index contributed by atoms with van der Waals surface area (Å²) in [4.78, 5) is 27.9. The molecule has 0 aromatic rings. The molecule has 0 saturated heterocycles. The van der Waals surface area contributed by atoms with Gasteiger partial charge in [0.2, 0.25) is 12.2 Å². The molecular weight excluding hydrogens is 295 g/mol. The van der Waals surface area contributed by atoms with Gasteiger partial charge in [-0.15, -0.1) is 0 Å². The van der Waals surface area contributed by atoms with Crippen LogP contribution < -0.4 is 0 Å². The molecular formula is C9H11IN2O2. The molecule has 1 fully saturated rings. The van der Waals surface area contributed by atoms with Crippen LogP contribution in [0.25, 0.3) is 0 Å². The first-order chi connectivity index (χ1) is 6.83. The third kappa shape index (κ3) is 2.74. The van der Waals surface area contributed by atoms with Crippen LogP contribution in [-0.2, 0) is 9.59 Å². The Bertz CT molecular complexity index is 283. The first-order valence-electron chi connectivity index (χ1n) is 4.53. The van der Waals surface area contributed by atoms with Crippen LogP contribution in [0.4, 0.5) is 0 Å². The van der Waals surface area contributed by atoms with Gasteiger partial charge < -0.3 is 0 Å². The van der Waals surface area contributed by atoms with Gasteiger partial charge in [0.1, 0.15) is 0 Å². The first-order valence-corrected chi connectivity index (χ1v) is 6.06. The number of rotatable bonds is 3. The highest BCUT2D eigenvalue weighted by molar-refractivity contribution is 14.1. The third-order valence-corrected chi connectivity index (χ3v) is 3.70. The molecule has 1 aliphatic rings. The van der Waals surface area contributed by atoms with E-state index in [1.54, 1.807) is 12.2 Å². The minimum Gasteiger partial charge on any atom is -0.211 e. The van der Waals surface area contributed by atoms with Gasteiger partial charge in [0.25, 0.3) is 0 Å². The summed E-state index contributed by atoms with van der Waals surface area (Å²) in [6.45, 7) is 0. The van der Waals surface area contributed by atoms with Gasteiger partial charge in [0.05, 0.1) is 12.1 Å². The molecule has 3 unspecified atom stereocenters. The second-order valence-electron chi connectivity index (χ2n) is 3.34. The normalized spacial score (nSPS) is 31.4. The number of isocyanates is 2. The van der Waals surface area contributed by atoms with Crippen molar-refractivity contribution in [3.63, 3.8) is 0 Å². The maximum atomic E-state index is 10.3. The Hall–Kier alpha value is -0.510. The maximum absolute atomic E-state index is 10.3. The van der Waals surface area contributed by atoms with Gasteiger partial charge in [0.15, 0.2) is 0 Å². The van der Waals surface area contributed by atoms with Crippen molar-refractivity contribution in [1.29, 1.82) is 0 Å². The Labute approximate surface area is 96.0 Å². The van der Waals surface area contributed by atoms with E-state index < -0.39 is 0 Å². The topological polar surface area (TPSA) is 58.9 Å². The first kappa shape index (κ1) is 11.6. The Morgan fingerprint density at radius 1 is 1.21 bits per heavy atom. The predicted octanol–water partition coefficient (Wildman–Crippen LogP) is 1.63. The summed E-state index contributed by atoms with van der Waals surface area (Å²) in [6, 6.07) is -0.331. The second kappa shape index (κ2) is 6.06. The molecule has 0 bridgehead atoms. The smallest absolute Gasteiger partial charge is 0.211 e. The third-order valence-electron chi connectivity index (χ3n) is 2.57. The highest BCUT2D eigenvalue weighted by atomic mass is 127. The molecule has 0 N–H and O–H groups in total. The molecule has 0 aliphatic heterocycles. The van der Waals surface area contributed by atoms with E-state index in [4.69, 9.17) is 0 Å². The van der Waals surface area contributed by atoms with E-state index >= 15 is 0 Å². The zero-order chi connectivity index (χ0) is 10.4. The lowest BCUT2D eigenvalue weighted by Gasteiger charge is -2.30. The fourth-order valence-electron chi connectivity index (χ4n) is 1.87. The van der Waals surface area contributed by atoms with Crippen LogP contribution in [0, 0.1) is 5.92 Å². The average molecular weight is 306 g/mol. The molecule has 0 spiro atoms. The summed E-state index contributed by atoms with van der Waals surface area (Å²) in [5.41, 5.74) is 0. The molecule has 1 rings (SSSR count). The highest BCUT2D eigenvalue weighted by Crippen LogP contribution is 2.30. The van der Waals surface area contributed by atoms with Crippen LogP contribution in [0.2, 0.25) is 0 Å². The molecule has 1 saturated carbocycles. The summed E-state index contributed by atoms with van der Waals surface area (Å²) in [6.07, 6.45) is 6.02. The van der Waals surface area contributed by atoms with Crippen molar-refractivity contribution in [2.24, 2.45) is 15.9 Å². The molecule has 0 heterocycles. The maximum Gasteiger partial charge on any atom is 0.235 e. The van der Waals surface area contributed by atoms with Crippen molar-refractivity contribution < 1.29 is 9.59 Å². The van der Waals surface area contributed by atoms with Gasteiger partial charge in [-0.1, -0.05) is 29.0 Å².